The van der Waals surface area contributed by atoms with Crippen LogP contribution >= 0.6 is 0 Å². The van der Waals surface area contributed by atoms with E-state index >= 15 is 0 Å². The normalized spacial score (nSPS) is 10.7. The quantitative estimate of drug-likeness (QED) is 0.369. The van der Waals surface area contributed by atoms with Gasteiger partial charge < -0.3 is 14.2 Å². The Morgan fingerprint density at radius 2 is 1.66 bits per heavy atom. The van der Waals surface area contributed by atoms with Gasteiger partial charge in [-0.05, 0) is 61.2 Å². The topological polar surface area (TPSA) is 69.2 Å². The molecule has 0 aliphatic rings. The van der Waals surface area contributed by atoms with Crippen molar-refractivity contribution in [3.63, 3.8) is 0 Å². The first-order valence-corrected chi connectivity index (χ1v) is 10.5. The Hall–Kier alpha value is -3.80. The van der Waals surface area contributed by atoms with E-state index in [9.17, 15) is 4.79 Å². The van der Waals surface area contributed by atoms with Gasteiger partial charge in [0.1, 0.15) is 12.4 Å². The van der Waals surface area contributed by atoms with Gasteiger partial charge in [-0.15, -0.1) is 0 Å². The molecule has 3 rings (SSSR count). The Morgan fingerprint density at radius 3 is 2.38 bits per heavy atom. The van der Waals surface area contributed by atoms with E-state index in [1.807, 2.05) is 87.5 Å². The van der Waals surface area contributed by atoms with Crippen molar-refractivity contribution in [2.24, 2.45) is 5.10 Å². The zero-order valence-corrected chi connectivity index (χ0v) is 18.6. The summed E-state index contributed by atoms with van der Waals surface area (Å²) in [5, 5.41) is 4.02. The van der Waals surface area contributed by atoms with Gasteiger partial charge in [0.15, 0.2) is 18.1 Å². The average Bonchev–Trinajstić information content (AvgIpc) is 2.79. The minimum atomic E-state index is -0.336. The van der Waals surface area contributed by atoms with Crippen molar-refractivity contribution in [1.82, 2.24) is 5.43 Å². The zero-order valence-electron chi connectivity index (χ0n) is 18.6. The highest BCUT2D eigenvalue weighted by Crippen LogP contribution is 2.29. The largest absolute Gasteiger partial charge is 0.490 e. The Kier molecular flexibility index (Phi) is 8.26. The number of nitrogens with one attached hydrogen (secondary N) is 1. The number of ether oxygens (including phenoxy) is 3. The van der Waals surface area contributed by atoms with Gasteiger partial charge in [0.05, 0.1) is 12.8 Å². The van der Waals surface area contributed by atoms with Crippen molar-refractivity contribution >= 4 is 12.1 Å². The summed E-state index contributed by atoms with van der Waals surface area (Å²) in [6.45, 7) is 6.65. The fourth-order valence-electron chi connectivity index (χ4n) is 3.10. The van der Waals surface area contributed by atoms with Gasteiger partial charge in [0.2, 0.25) is 0 Å². The zero-order chi connectivity index (χ0) is 22.8. The van der Waals surface area contributed by atoms with Gasteiger partial charge in [0.25, 0.3) is 5.91 Å². The summed E-state index contributed by atoms with van der Waals surface area (Å²) in [5.41, 5.74) is 6.31. The predicted octanol–water partition coefficient (Wildman–Crippen LogP) is 4.81. The fourth-order valence-corrected chi connectivity index (χ4v) is 3.10. The summed E-state index contributed by atoms with van der Waals surface area (Å²) in [6, 6.07) is 21.3. The number of benzene rings is 3. The van der Waals surface area contributed by atoms with Crippen LogP contribution in [0.5, 0.6) is 17.2 Å². The van der Waals surface area contributed by atoms with Gasteiger partial charge in [-0.2, -0.15) is 5.10 Å². The molecule has 3 aromatic rings. The van der Waals surface area contributed by atoms with Crippen LogP contribution in [0.4, 0.5) is 0 Å². The second-order valence-electron chi connectivity index (χ2n) is 7.22. The number of rotatable bonds is 10. The highest BCUT2D eigenvalue weighted by Gasteiger charge is 2.08. The van der Waals surface area contributed by atoms with Crippen LogP contribution in [-0.2, 0) is 11.4 Å². The number of para-hydroxylation sites is 1. The monoisotopic (exact) mass is 432 g/mol. The van der Waals surface area contributed by atoms with Crippen LogP contribution in [0, 0.1) is 13.8 Å². The van der Waals surface area contributed by atoms with E-state index in [1.165, 1.54) is 0 Å². The number of carbonyl (C=O) groups is 1. The molecule has 1 N–H and O–H groups in total. The molecule has 166 valence electrons. The molecular formula is C26H28N2O4. The summed E-state index contributed by atoms with van der Waals surface area (Å²) < 4.78 is 17.3. The first-order chi connectivity index (χ1) is 15.6. The van der Waals surface area contributed by atoms with Crippen molar-refractivity contribution in [2.45, 2.75) is 27.4 Å². The molecular weight excluding hydrogens is 404 g/mol. The lowest BCUT2D eigenvalue weighted by atomic mass is 10.1. The molecule has 0 aliphatic heterocycles. The third-order valence-corrected chi connectivity index (χ3v) is 4.66. The molecule has 6 nitrogen and oxygen atoms in total. The number of nitrogens with zero attached hydrogens (tertiary/aromatic N) is 1. The molecule has 3 aromatic carbocycles. The van der Waals surface area contributed by atoms with E-state index in [1.54, 1.807) is 6.21 Å². The highest BCUT2D eigenvalue weighted by atomic mass is 16.5. The molecule has 6 heteroatoms. The lowest BCUT2D eigenvalue weighted by Crippen LogP contribution is -2.25. The van der Waals surface area contributed by atoms with Crippen LogP contribution < -0.4 is 19.6 Å². The maximum absolute atomic E-state index is 12.1. The molecule has 0 radical (unpaired) electrons. The van der Waals surface area contributed by atoms with Crippen LogP contribution in [0.3, 0.4) is 0 Å². The second kappa shape index (κ2) is 11.6. The van der Waals surface area contributed by atoms with Crippen LogP contribution in [0.25, 0.3) is 0 Å². The van der Waals surface area contributed by atoms with Crippen LogP contribution in [0.2, 0.25) is 0 Å². The summed E-state index contributed by atoms with van der Waals surface area (Å²) in [4.78, 5) is 12.1. The minimum Gasteiger partial charge on any atom is -0.490 e. The maximum atomic E-state index is 12.1. The lowest BCUT2D eigenvalue weighted by molar-refractivity contribution is -0.123. The molecule has 0 bridgehead atoms. The van der Waals surface area contributed by atoms with E-state index < -0.39 is 0 Å². The number of hydrogen-bond acceptors (Lipinski definition) is 5. The average molecular weight is 433 g/mol. The van der Waals surface area contributed by atoms with E-state index in [0.29, 0.717) is 24.7 Å². The Bertz CT molecular complexity index is 1040. The lowest BCUT2D eigenvalue weighted by Gasteiger charge is -2.12. The van der Waals surface area contributed by atoms with Crippen LogP contribution in [-0.4, -0.2) is 25.3 Å². The molecule has 0 saturated carbocycles. The van der Waals surface area contributed by atoms with Crippen molar-refractivity contribution in [1.29, 1.82) is 0 Å². The Balaban J connectivity index is 1.56. The Morgan fingerprint density at radius 1 is 0.906 bits per heavy atom. The molecule has 0 saturated heterocycles. The molecule has 0 aromatic heterocycles. The molecule has 1 amide bonds. The number of carbonyl (C=O) groups excluding carboxylic acids is 1. The second-order valence-corrected chi connectivity index (χ2v) is 7.22. The molecule has 0 atom stereocenters. The van der Waals surface area contributed by atoms with E-state index in [4.69, 9.17) is 14.2 Å². The van der Waals surface area contributed by atoms with Crippen molar-refractivity contribution in [3.8, 4) is 17.2 Å². The molecule has 32 heavy (non-hydrogen) atoms. The van der Waals surface area contributed by atoms with Crippen molar-refractivity contribution < 1.29 is 19.0 Å². The van der Waals surface area contributed by atoms with E-state index in [-0.39, 0.29) is 12.5 Å². The molecule has 0 fully saturated rings. The number of hydrazone groups is 1. The minimum absolute atomic E-state index is 0.112. The fraction of sp³-hybridized carbons (Fsp3) is 0.231. The van der Waals surface area contributed by atoms with Gasteiger partial charge in [-0.1, -0.05) is 48.5 Å². The van der Waals surface area contributed by atoms with Crippen molar-refractivity contribution in [3.05, 3.63) is 89.0 Å². The summed E-state index contributed by atoms with van der Waals surface area (Å²) in [7, 11) is 0. The molecule has 0 spiro atoms. The third-order valence-electron chi connectivity index (χ3n) is 4.66. The smallest absolute Gasteiger partial charge is 0.277 e. The number of amides is 1. The maximum Gasteiger partial charge on any atom is 0.277 e. The first kappa shape index (κ1) is 22.9. The van der Waals surface area contributed by atoms with E-state index in [0.717, 1.165) is 28.0 Å². The molecule has 0 heterocycles. The summed E-state index contributed by atoms with van der Waals surface area (Å²) in [5.74, 6) is 1.66. The van der Waals surface area contributed by atoms with Gasteiger partial charge in [0, 0.05) is 0 Å². The van der Waals surface area contributed by atoms with Crippen molar-refractivity contribution in [2.75, 3.05) is 13.2 Å². The number of hydrogen-bond donors (Lipinski definition) is 1. The highest BCUT2D eigenvalue weighted by molar-refractivity contribution is 5.83. The molecule has 0 aliphatic carbocycles. The number of aryl methyl sites for hydroxylation is 2. The van der Waals surface area contributed by atoms with E-state index in [2.05, 4.69) is 10.5 Å². The summed E-state index contributed by atoms with van der Waals surface area (Å²) in [6.07, 6.45) is 1.56. The molecule has 0 unspecified atom stereocenters. The standard InChI is InChI=1S/C26H28N2O4/c1-4-30-24-15-22(13-14-23(24)31-17-21-11-6-5-7-12-21)16-27-28-25(29)18-32-26-19(2)9-8-10-20(26)3/h5-16H,4,17-18H2,1-3H3,(H,28,29)/b27-16+. The first-order valence-electron chi connectivity index (χ1n) is 10.5. The SMILES string of the molecule is CCOc1cc(/C=N/NC(=O)COc2c(C)cccc2C)ccc1OCc1ccccc1. The van der Waals surface area contributed by atoms with Crippen LogP contribution in [0.1, 0.15) is 29.2 Å². The van der Waals surface area contributed by atoms with Gasteiger partial charge in [-0.3, -0.25) is 4.79 Å². The summed E-state index contributed by atoms with van der Waals surface area (Å²) >= 11 is 0. The Labute approximate surface area is 188 Å². The van der Waals surface area contributed by atoms with Crippen LogP contribution in [0.15, 0.2) is 71.8 Å². The van der Waals surface area contributed by atoms with Gasteiger partial charge in [-0.25, -0.2) is 5.43 Å². The third kappa shape index (κ3) is 6.60. The van der Waals surface area contributed by atoms with Gasteiger partial charge >= 0.3 is 0 Å². The predicted molar refractivity (Wildman–Crippen MR) is 126 cm³/mol.